The average molecular weight is 671 g/mol. The van der Waals surface area contributed by atoms with Gasteiger partial charge in [-0.25, -0.2) is 4.39 Å². The summed E-state index contributed by atoms with van der Waals surface area (Å²) in [7, 11) is 0. The van der Waals surface area contributed by atoms with Crippen molar-refractivity contribution >= 4 is 51.2 Å². The molecule has 0 saturated carbocycles. The standard InChI is InChI=1S/C35H34Cl2FN9/c1-35(2,3)46-12-10-27(11-13-46)47-20-31(44-45-47)34(21-4-6-24(36)7-5-21)43-26-14-22(17-39)32-28(15-26)33(23(18-40)19-41-32)42-25-8-9-30(38)29(37)16-25/h4-9,14-16,19-20,27,34,43-45H,10-13H2,1-3H3,(H,41,42)/t34-/m0/s1. The van der Waals surface area contributed by atoms with Crippen LogP contribution in [0.4, 0.5) is 21.5 Å². The summed E-state index contributed by atoms with van der Waals surface area (Å²) in [4.78, 5) is 6.96. The molecule has 0 radical (unpaired) electrons. The van der Waals surface area contributed by atoms with E-state index >= 15 is 0 Å². The lowest BCUT2D eigenvalue weighted by Crippen LogP contribution is -2.52. The van der Waals surface area contributed by atoms with Crippen LogP contribution in [0.25, 0.3) is 10.9 Å². The number of hydrogen-bond acceptors (Lipinski definition) is 9. The minimum Gasteiger partial charge on any atom is -0.373 e. The summed E-state index contributed by atoms with van der Waals surface area (Å²) in [6, 6.07) is 19.8. The monoisotopic (exact) mass is 669 g/mol. The predicted octanol–water partition coefficient (Wildman–Crippen LogP) is 7.75. The Balaban J connectivity index is 1.36. The SMILES string of the molecule is CC(C)(C)N1CCC(N2C=C([C@@H](Nc3cc(C#N)c4ncc(C#N)c(Nc5ccc(F)c(Cl)c5)c4c3)c3ccc(Cl)cc3)NN2)CC1. The highest BCUT2D eigenvalue weighted by Crippen LogP contribution is 2.36. The molecule has 0 unspecified atom stereocenters. The number of likely N-dealkylation sites (tertiary alicyclic amines) is 1. The second-order valence-electron chi connectivity index (χ2n) is 12.7. The number of hydrazine groups is 2. The predicted molar refractivity (Wildman–Crippen MR) is 184 cm³/mol. The Hall–Kier alpha value is -4.58. The molecule has 1 fully saturated rings. The van der Waals surface area contributed by atoms with Crippen molar-refractivity contribution in [3.05, 3.63) is 105 Å². The maximum absolute atomic E-state index is 13.9. The second kappa shape index (κ2) is 13.3. The topological polar surface area (TPSA) is 115 Å². The van der Waals surface area contributed by atoms with Crippen molar-refractivity contribution in [3.8, 4) is 12.1 Å². The van der Waals surface area contributed by atoms with E-state index in [0.29, 0.717) is 44.6 Å². The zero-order valence-electron chi connectivity index (χ0n) is 26.2. The summed E-state index contributed by atoms with van der Waals surface area (Å²) >= 11 is 12.3. The first kappa shape index (κ1) is 32.4. The van der Waals surface area contributed by atoms with E-state index in [2.05, 4.69) is 75.6 Å². The van der Waals surface area contributed by atoms with Crippen LogP contribution in [-0.4, -0.2) is 39.6 Å². The fourth-order valence-electron chi connectivity index (χ4n) is 6.07. The largest absolute Gasteiger partial charge is 0.373 e. The number of halogens is 3. The summed E-state index contributed by atoms with van der Waals surface area (Å²) in [5.74, 6) is -0.554. The third-order valence-electron chi connectivity index (χ3n) is 8.64. The number of nitriles is 2. The molecule has 9 nitrogen and oxygen atoms in total. The number of nitrogens with zero attached hydrogens (tertiary/aromatic N) is 5. The molecule has 1 saturated heterocycles. The van der Waals surface area contributed by atoms with Gasteiger partial charge in [-0.3, -0.25) is 14.9 Å². The number of piperidine rings is 1. The average Bonchev–Trinajstić information content (AvgIpc) is 3.55. The third-order valence-corrected chi connectivity index (χ3v) is 9.18. The molecule has 4 aromatic rings. The molecule has 12 heteroatoms. The quantitative estimate of drug-likeness (QED) is 0.157. The Morgan fingerprint density at radius 3 is 2.36 bits per heavy atom. The van der Waals surface area contributed by atoms with E-state index < -0.39 is 5.82 Å². The lowest BCUT2D eigenvalue weighted by Gasteiger charge is -2.42. The molecular formula is C35H34Cl2FN9. The normalized spacial score (nSPS) is 16.3. The summed E-state index contributed by atoms with van der Waals surface area (Å²) < 4.78 is 13.9. The van der Waals surface area contributed by atoms with Crippen molar-refractivity contribution in [3.63, 3.8) is 0 Å². The minimum atomic E-state index is -0.554. The summed E-state index contributed by atoms with van der Waals surface area (Å²) in [6.07, 6.45) is 5.55. The molecule has 4 N–H and O–H groups in total. The maximum Gasteiger partial charge on any atom is 0.141 e. The smallest absolute Gasteiger partial charge is 0.141 e. The van der Waals surface area contributed by atoms with E-state index in [9.17, 15) is 14.9 Å². The van der Waals surface area contributed by atoms with Gasteiger partial charge < -0.3 is 16.1 Å². The van der Waals surface area contributed by atoms with Gasteiger partial charge in [-0.05, 0) is 81.6 Å². The van der Waals surface area contributed by atoms with Crippen LogP contribution in [0.3, 0.4) is 0 Å². The van der Waals surface area contributed by atoms with Gasteiger partial charge >= 0.3 is 0 Å². The van der Waals surface area contributed by atoms with Crippen LogP contribution in [0.5, 0.6) is 0 Å². The van der Waals surface area contributed by atoms with E-state index in [4.69, 9.17) is 23.2 Å². The molecule has 0 spiro atoms. The van der Waals surface area contributed by atoms with Crippen LogP contribution in [-0.2, 0) is 0 Å². The Morgan fingerprint density at radius 2 is 1.70 bits per heavy atom. The van der Waals surface area contributed by atoms with Crippen molar-refractivity contribution in [2.75, 3.05) is 23.7 Å². The molecule has 240 valence electrons. The second-order valence-corrected chi connectivity index (χ2v) is 13.5. The number of fused-ring (bicyclic) bond motifs is 1. The molecule has 3 heterocycles. The van der Waals surface area contributed by atoms with Gasteiger partial charge in [-0.15, -0.1) is 5.53 Å². The Kier molecular flexibility index (Phi) is 9.14. The van der Waals surface area contributed by atoms with Crippen LogP contribution in [0.15, 0.2) is 72.7 Å². The van der Waals surface area contributed by atoms with Crippen LogP contribution in [0.1, 0.15) is 56.3 Å². The first-order valence-electron chi connectivity index (χ1n) is 15.3. The summed E-state index contributed by atoms with van der Waals surface area (Å²) in [5.41, 5.74) is 11.2. The number of aromatic nitrogens is 1. The highest BCUT2D eigenvalue weighted by molar-refractivity contribution is 6.31. The molecule has 2 aliphatic heterocycles. The lowest BCUT2D eigenvalue weighted by molar-refractivity contribution is 0.0570. The van der Waals surface area contributed by atoms with Crippen molar-refractivity contribution < 1.29 is 4.39 Å². The molecule has 1 aromatic heterocycles. The van der Waals surface area contributed by atoms with E-state index in [0.717, 1.165) is 37.2 Å². The highest BCUT2D eigenvalue weighted by atomic mass is 35.5. The molecule has 6 rings (SSSR count). The fourth-order valence-corrected chi connectivity index (χ4v) is 6.38. The molecule has 2 aliphatic rings. The highest BCUT2D eigenvalue weighted by Gasteiger charge is 2.32. The van der Waals surface area contributed by atoms with Gasteiger partial charge in [0.15, 0.2) is 0 Å². The van der Waals surface area contributed by atoms with Crippen molar-refractivity contribution in [2.45, 2.75) is 51.2 Å². The van der Waals surface area contributed by atoms with Crippen LogP contribution < -0.4 is 21.6 Å². The molecular weight excluding hydrogens is 636 g/mol. The van der Waals surface area contributed by atoms with Gasteiger partial charge in [0.25, 0.3) is 0 Å². The van der Waals surface area contributed by atoms with Crippen molar-refractivity contribution in [1.82, 2.24) is 25.9 Å². The van der Waals surface area contributed by atoms with Crippen LogP contribution >= 0.6 is 23.2 Å². The molecule has 3 aromatic carbocycles. The number of pyridine rings is 1. The molecule has 0 aliphatic carbocycles. The van der Waals surface area contributed by atoms with Gasteiger partial charge in [-0.2, -0.15) is 10.5 Å². The van der Waals surface area contributed by atoms with E-state index in [1.807, 2.05) is 30.3 Å². The summed E-state index contributed by atoms with van der Waals surface area (Å²) in [6.45, 7) is 8.79. The fraction of sp³-hybridized carbons (Fsp3) is 0.286. The zero-order chi connectivity index (χ0) is 33.3. The zero-order valence-corrected chi connectivity index (χ0v) is 27.7. The molecule has 0 amide bonds. The first-order chi connectivity index (χ1) is 22.5. The number of hydrogen-bond donors (Lipinski definition) is 4. The summed E-state index contributed by atoms with van der Waals surface area (Å²) in [5, 5.41) is 30.2. The number of anilines is 3. The number of rotatable bonds is 7. The number of nitrogens with one attached hydrogen (secondary N) is 4. The van der Waals surface area contributed by atoms with E-state index in [-0.39, 0.29) is 22.2 Å². The van der Waals surface area contributed by atoms with Gasteiger partial charge in [0.2, 0.25) is 0 Å². The first-order valence-corrected chi connectivity index (χ1v) is 16.1. The van der Waals surface area contributed by atoms with Crippen molar-refractivity contribution in [1.29, 1.82) is 10.5 Å². The van der Waals surface area contributed by atoms with Gasteiger partial charge in [0.05, 0.1) is 39.1 Å². The Labute approximate surface area is 283 Å². The van der Waals surface area contributed by atoms with E-state index in [1.54, 1.807) is 6.07 Å². The molecule has 47 heavy (non-hydrogen) atoms. The van der Waals surface area contributed by atoms with Gasteiger partial charge in [0, 0.05) is 58.9 Å². The third kappa shape index (κ3) is 6.92. The maximum atomic E-state index is 13.9. The van der Waals surface area contributed by atoms with Crippen LogP contribution in [0.2, 0.25) is 10.0 Å². The van der Waals surface area contributed by atoms with E-state index in [1.165, 1.54) is 24.4 Å². The van der Waals surface area contributed by atoms with Crippen LogP contribution in [0, 0.1) is 28.5 Å². The van der Waals surface area contributed by atoms with Gasteiger partial charge in [-0.1, -0.05) is 35.3 Å². The lowest BCUT2D eigenvalue weighted by atomic mass is 9.97. The minimum absolute atomic E-state index is 0.0579. The Morgan fingerprint density at radius 1 is 0.979 bits per heavy atom. The van der Waals surface area contributed by atoms with Crippen molar-refractivity contribution in [2.24, 2.45) is 0 Å². The van der Waals surface area contributed by atoms with Gasteiger partial charge in [0.1, 0.15) is 18.0 Å². The molecule has 0 bridgehead atoms. The molecule has 1 atom stereocenters. The Bertz CT molecular complexity index is 1920. The number of benzene rings is 3.